The standard InChI is InChI=1S/C8H13NO3S/c1-4-12-6(10)5-8(2,3)13-7(11)9-5/h5H,4H2,1-3H3,(H,9,11)/t5-/m0/s1. The number of hydrogen-bond donors (Lipinski definition) is 1. The first kappa shape index (κ1) is 10.4. The Bertz CT molecular complexity index is 240. The van der Waals surface area contributed by atoms with Gasteiger partial charge in [-0.05, 0) is 20.8 Å². The molecule has 1 amide bonds. The van der Waals surface area contributed by atoms with Gasteiger partial charge in [-0.15, -0.1) is 0 Å². The Morgan fingerprint density at radius 1 is 1.69 bits per heavy atom. The Morgan fingerprint density at radius 3 is 2.69 bits per heavy atom. The summed E-state index contributed by atoms with van der Waals surface area (Å²) in [6, 6.07) is -0.523. The van der Waals surface area contributed by atoms with Crippen molar-refractivity contribution in [1.82, 2.24) is 5.32 Å². The van der Waals surface area contributed by atoms with Gasteiger partial charge in [0.1, 0.15) is 6.04 Å². The Balaban J connectivity index is 2.69. The van der Waals surface area contributed by atoms with Crippen LogP contribution in [0.4, 0.5) is 4.79 Å². The lowest BCUT2D eigenvalue weighted by atomic mass is 10.0. The summed E-state index contributed by atoms with van der Waals surface area (Å²) in [7, 11) is 0. The van der Waals surface area contributed by atoms with E-state index in [1.165, 1.54) is 0 Å². The summed E-state index contributed by atoms with van der Waals surface area (Å²) in [6.07, 6.45) is 0. The van der Waals surface area contributed by atoms with Crippen molar-refractivity contribution in [3.05, 3.63) is 0 Å². The van der Waals surface area contributed by atoms with Gasteiger partial charge in [0, 0.05) is 0 Å². The van der Waals surface area contributed by atoms with Gasteiger partial charge < -0.3 is 10.1 Å². The SMILES string of the molecule is CCOC(=O)[C@@H]1NC(=O)SC1(C)C. The fourth-order valence-electron chi connectivity index (χ4n) is 1.19. The monoisotopic (exact) mass is 203 g/mol. The molecule has 4 nitrogen and oxygen atoms in total. The zero-order chi connectivity index (χ0) is 10.1. The van der Waals surface area contributed by atoms with E-state index in [1.54, 1.807) is 6.92 Å². The number of ether oxygens (including phenoxy) is 1. The molecule has 5 heteroatoms. The van der Waals surface area contributed by atoms with Crippen molar-refractivity contribution in [1.29, 1.82) is 0 Å². The third-order valence-corrected chi connectivity index (χ3v) is 2.90. The molecule has 0 bridgehead atoms. The van der Waals surface area contributed by atoms with E-state index in [9.17, 15) is 9.59 Å². The summed E-state index contributed by atoms with van der Waals surface area (Å²) in [5, 5.41) is 2.41. The number of carbonyl (C=O) groups excluding carboxylic acids is 2. The molecule has 0 aromatic heterocycles. The van der Waals surface area contributed by atoms with Crippen LogP contribution < -0.4 is 5.32 Å². The van der Waals surface area contributed by atoms with Crippen molar-refractivity contribution in [2.24, 2.45) is 0 Å². The van der Waals surface area contributed by atoms with Crippen molar-refractivity contribution in [2.45, 2.75) is 31.6 Å². The fraction of sp³-hybridized carbons (Fsp3) is 0.750. The maximum absolute atomic E-state index is 11.4. The number of carbonyl (C=O) groups is 2. The molecule has 1 fully saturated rings. The fourth-order valence-corrected chi connectivity index (χ4v) is 2.11. The second kappa shape index (κ2) is 3.57. The molecule has 1 atom stereocenters. The van der Waals surface area contributed by atoms with Crippen molar-refractivity contribution < 1.29 is 14.3 Å². The Labute approximate surface area is 81.4 Å². The molecule has 0 aromatic carbocycles. The Kier molecular flexibility index (Phi) is 2.85. The van der Waals surface area contributed by atoms with E-state index in [0.717, 1.165) is 11.8 Å². The minimum absolute atomic E-state index is 0.164. The minimum Gasteiger partial charge on any atom is -0.464 e. The lowest BCUT2D eigenvalue weighted by Gasteiger charge is -2.21. The second-order valence-corrected chi connectivity index (χ2v) is 4.95. The minimum atomic E-state index is -0.523. The van der Waals surface area contributed by atoms with Crippen LogP contribution in [0, 0.1) is 0 Å². The lowest BCUT2D eigenvalue weighted by Crippen LogP contribution is -2.45. The predicted molar refractivity (Wildman–Crippen MR) is 50.6 cm³/mol. The van der Waals surface area contributed by atoms with Crippen LogP contribution in [0.2, 0.25) is 0 Å². The van der Waals surface area contributed by atoms with Gasteiger partial charge in [0.2, 0.25) is 0 Å². The quantitative estimate of drug-likeness (QED) is 0.684. The van der Waals surface area contributed by atoms with Gasteiger partial charge in [0.05, 0.1) is 11.4 Å². The van der Waals surface area contributed by atoms with Gasteiger partial charge in [-0.1, -0.05) is 11.8 Å². The first-order valence-electron chi connectivity index (χ1n) is 4.13. The molecule has 0 aliphatic carbocycles. The highest BCUT2D eigenvalue weighted by molar-refractivity contribution is 8.15. The summed E-state index contributed by atoms with van der Waals surface area (Å²) in [6.45, 7) is 5.77. The molecule has 0 unspecified atom stereocenters. The molecule has 13 heavy (non-hydrogen) atoms. The lowest BCUT2D eigenvalue weighted by molar-refractivity contribution is -0.145. The predicted octanol–water partition coefficient (Wildman–Crippen LogP) is 1.15. The van der Waals surface area contributed by atoms with Gasteiger partial charge in [0.15, 0.2) is 0 Å². The zero-order valence-corrected chi connectivity index (χ0v) is 8.73. The van der Waals surface area contributed by atoms with Crippen molar-refractivity contribution >= 4 is 23.0 Å². The van der Waals surface area contributed by atoms with Gasteiger partial charge >= 0.3 is 5.97 Å². The van der Waals surface area contributed by atoms with Crippen molar-refractivity contribution in [2.75, 3.05) is 6.61 Å². The van der Waals surface area contributed by atoms with Crippen LogP contribution in [0.1, 0.15) is 20.8 Å². The molecule has 1 aliphatic rings. The number of hydrogen-bond acceptors (Lipinski definition) is 4. The summed E-state index contributed by atoms with van der Waals surface area (Å²) in [5.74, 6) is -0.356. The summed E-state index contributed by atoms with van der Waals surface area (Å²) >= 11 is 1.13. The highest BCUT2D eigenvalue weighted by Gasteiger charge is 2.45. The van der Waals surface area contributed by atoms with Crippen LogP contribution in [-0.2, 0) is 9.53 Å². The maximum atomic E-state index is 11.4. The average molecular weight is 203 g/mol. The highest BCUT2D eigenvalue weighted by atomic mass is 32.2. The first-order valence-corrected chi connectivity index (χ1v) is 4.95. The van der Waals surface area contributed by atoms with Crippen LogP contribution in [0.25, 0.3) is 0 Å². The molecular weight excluding hydrogens is 190 g/mol. The Morgan fingerprint density at radius 2 is 2.31 bits per heavy atom. The Hall–Kier alpha value is -0.710. The topological polar surface area (TPSA) is 55.4 Å². The van der Waals surface area contributed by atoms with Crippen LogP contribution in [0.3, 0.4) is 0 Å². The molecular formula is C8H13NO3S. The van der Waals surface area contributed by atoms with Crippen LogP contribution >= 0.6 is 11.8 Å². The molecule has 0 radical (unpaired) electrons. The molecule has 0 aromatic rings. The van der Waals surface area contributed by atoms with Crippen LogP contribution in [-0.4, -0.2) is 28.6 Å². The molecule has 1 rings (SSSR count). The number of amides is 1. The second-order valence-electron chi connectivity index (χ2n) is 3.32. The smallest absolute Gasteiger partial charge is 0.330 e. The zero-order valence-electron chi connectivity index (χ0n) is 7.92. The van der Waals surface area contributed by atoms with E-state index in [2.05, 4.69) is 5.32 Å². The molecule has 1 saturated heterocycles. The molecule has 0 spiro atoms. The third-order valence-electron chi connectivity index (χ3n) is 1.84. The summed E-state index contributed by atoms with van der Waals surface area (Å²) in [4.78, 5) is 22.4. The highest BCUT2D eigenvalue weighted by Crippen LogP contribution is 2.35. The summed E-state index contributed by atoms with van der Waals surface area (Å²) < 4.78 is 4.43. The third kappa shape index (κ3) is 2.15. The molecule has 1 N–H and O–H groups in total. The molecule has 74 valence electrons. The van der Waals surface area contributed by atoms with Crippen LogP contribution in [0.5, 0.6) is 0 Å². The average Bonchev–Trinajstić information content (AvgIpc) is 2.24. The normalized spacial score (nSPS) is 25.5. The van der Waals surface area contributed by atoms with E-state index < -0.39 is 10.8 Å². The molecule has 1 aliphatic heterocycles. The van der Waals surface area contributed by atoms with E-state index >= 15 is 0 Å². The van der Waals surface area contributed by atoms with Crippen molar-refractivity contribution in [3.8, 4) is 0 Å². The molecule has 1 heterocycles. The van der Waals surface area contributed by atoms with Crippen LogP contribution in [0.15, 0.2) is 0 Å². The van der Waals surface area contributed by atoms with Gasteiger partial charge in [-0.2, -0.15) is 0 Å². The number of nitrogens with one attached hydrogen (secondary N) is 1. The first-order chi connectivity index (χ1) is 5.97. The van der Waals surface area contributed by atoms with Gasteiger partial charge in [0.25, 0.3) is 5.24 Å². The van der Waals surface area contributed by atoms with E-state index in [1.807, 2.05) is 13.8 Å². The number of rotatable bonds is 2. The molecule has 0 saturated carbocycles. The number of thioether (sulfide) groups is 1. The largest absolute Gasteiger partial charge is 0.464 e. The van der Waals surface area contributed by atoms with Gasteiger partial charge in [-0.25, -0.2) is 4.79 Å². The van der Waals surface area contributed by atoms with Crippen molar-refractivity contribution in [3.63, 3.8) is 0 Å². The van der Waals surface area contributed by atoms with Gasteiger partial charge in [-0.3, -0.25) is 4.79 Å². The maximum Gasteiger partial charge on any atom is 0.330 e. The van der Waals surface area contributed by atoms with E-state index in [-0.39, 0.29) is 11.2 Å². The van der Waals surface area contributed by atoms with E-state index in [4.69, 9.17) is 4.74 Å². The number of esters is 1. The van der Waals surface area contributed by atoms with E-state index in [0.29, 0.717) is 6.61 Å². The summed E-state index contributed by atoms with van der Waals surface area (Å²) in [5.41, 5.74) is 0.